The van der Waals surface area contributed by atoms with Crippen molar-refractivity contribution in [2.75, 3.05) is 19.6 Å². The largest absolute Gasteiger partial charge is 0.508 e. The molecule has 2 aromatic carbocycles. The van der Waals surface area contributed by atoms with Crippen molar-refractivity contribution in [1.82, 2.24) is 15.5 Å². The molecule has 4 amide bonds. The number of nitrogens with zero attached hydrogens (tertiary/aromatic N) is 1. The number of nitrogens with one attached hydrogen (secondary N) is 2. The first-order chi connectivity index (χ1) is 12.6. The van der Waals surface area contributed by atoms with Gasteiger partial charge in [-0.1, -0.05) is 24.3 Å². The van der Waals surface area contributed by atoms with E-state index in [0.29, 0.717) is 24.1 Å². The van der Waals surface area contributed by atoms with Crippen LogP contribution >= 0.6 is 0 Å². The van der Waals surface area contributed by atoms with Crippen molar-refractivity contribution in [1.29, 1.82) is 0 Å². The van der Waals surface area contributed by atoms with Crippen LogP contribution in [0.1, 0.15) is 26.3 Å². The van der Waals surface area contributed by atoms with Crippen LogP contribution in [0.25, 0.3) is 0 Å². The van der Waals surface area contributed by atoms with Gasteiger partial charge < -0.3 is 15.7 Å². The van der Waals surface area contributed by atoms with Gasteiger partial charge in [-0.3, -0.25) is 14.5 Å². The predicted molar refractivity (Wildman–Crippen MR) is 95.0 cm³/mol. The van der Waals surface area contributed by atoms with Crippen molar-refractivity contribution in [3.05, 3.63) is 65.2 Å². The number of fused-ring (bicyclic) bond motifs is 1. The summed E-state index contributed by atoms with van der Waals surface area (Å²) in [5.41, 5.74) is 1.79. The molecule has 0 spiro atoms. The van der Waals surface area contributed by atoms with E-state index in [1.54, 1.807) is 48.5 Å². The molecular weight excluding hydrogens is 334 g/mol. The van der Waals surface area contributed by atoms with E-state index in [2.05, 4.69) is 10.6 Å². The first-order valence-corrected chi connectivity index (χ1v) is 8.31. The van der Waals surface area contributed by atoms with Gasteiger partial charge in [0.15, 0.2) is 0 Å². The third kappa shape index (κ3) is 3.83. The van der Waals surface area contributed by atoms with E-state index in [0.717, 1.165) is 10.5 Å². The molecule has 0 saturated carbocycles. The van der Waals surface area contributed by atoms with Gasteiger partial charge in [0.05, 0.1) is 11.1 Å². The lowest BCUT2D eigenvalue weighted by atomic mass is 10.1. The van der Waals surface area contributed by atoms with Crippen molar-refractivity contribution in [3.8, 4) is 5.75 Å². The third-order valence-corrected chi connectivity index (χ3v) is 4.13. The highest BCUT2D eigenvalue weighted by Gasteiger charge is 2.34. The van der Waals surface area contributed by atoms with Crippen LogP contribution in [0.2, 0.25) is 0 Å². The van der Waals surface area contributed by atoms with Crippen LogP contribution in [0.4, 0.5) is 4.79 Å². The summed E-state index contributed by atoms with van der Waals surface area (Å²) in [6, 6.07) is 13.1. The van der Waals surface area contributed by atoms with Gasteiger partial charge in [-0.15, -0.1) is 0 Å². The normalized spacial score (nSPS) is 12.8. The maximum Gasteiger partial charge on any atom is 0.314 e. The van der Waals surface area contributed by atoms with Gasteiger partial charge >= 0.3 is 6.03 Å². The van der Waals surface area contributed by atoms with E-state index >= 15 is 0 Å². The molecule has 1 heterocycles. The second-order valence-corrected chi connectivity index (χ2v) is 5.91. The molecule has 0 aliphatic carbocycles. The zero-order valence-electron chi connectivity index (χ0n) is 14.1. The van der Waals surface area contributed by atoms with Crippen molar-refractivity contribution >= 4 is 17.8 Å². The monoisotopic (exact) mass is 353 g/mol. The number of benzene rings is 2. The van der Waals surface area contributed by atoms with Crippen LogP contribution in [0.3, 0.4) is 0 Å². The summed E-state index contributed by atoms with van der Waals surface area (Å²) in [6.07, 6.45) is 0.631. The van der Waals surface area contributed by atoms with Crippen molar-refractivity contribution in [3.63, 3.8) is 0 Å². The topological polar surface area (TPSA) is 98.7 Å². The molecule has 0 saturated heterocycles. The second-order valence-electron chi connectivity index (χ2n) is 5.91. The van der Waals surface area contributed by atoms with Gasteiger partial charge in [0.25, 0.3) is 11.8 Å². The van der Waals surface area contributed by atoms with Crippen molar-refractivity contribution in [2.24, 2.45) is 0 Å². The summed E-state index contributed by atoms with van der Waals surface area (Å²) in [6.45, 7) is 0.734. The Kier molecular flexibility index (Phi) is 5.17. The van der Waals surface area contributed by atoms with E-state index in [1.807, 2.05) is 0 Å². The Labute approximate surface area is 150 Å². The zero-order valence-corrected chi connectivity index (χ0v) is 14.1. The number of aromatic hydroxyl groups is 1. The molecule has 3 N–H and O–H groups in total. The molecule has 7 heteroatoms. The van der Waals surface area contributed by atoms with Crippen molar-refractivity contribution in [2.45, 2.75) is 6.42 Å². The first kappa shape index (κ1) is 17.5. The average Bonchev–Trinajstić information content (AvgIpc) is 2.89. The molecule has 134 valence electrons. The summed E-state index contributed by atoms with van der Waals surface area (Å²) in [5.74, 6) is -0.465. The molecule has 0 aromatic heterocycles. The van der Waals surface area contributed by atoms with E-state index in [1.165, 1.54) is 0 Å². The predicted octanol–water partition coefficient (Wildman–Crippen LogP) is 1.53. The Balaban J connectivity index is 1.40. The molecule has 26 heavy (non-hydrogen) atoms. The van der Waals surface area contributed by atoms with Crippen molar-refractivity contribution < 1.29 is 19.5 Å². The van der Waals surface area contributed by atoms with E-state index in [9.17, 15) is 19.5 Å². The molecule has 0 fully saturated rings. The molecule has 1 aliphatic heterocycles. The van der Waals surface area contributed by atoms with Gasteiger partial charge in [0, 0.05) is 19.6 Å². The number of urea groups is 1. The van der Waals surface area contributed by atoms with Crippen LogP contribution in [-0.4, -0.2) is 47.5 Å². The highest BCUT2D eigenvalue weighted by molar-refractivity contribution is 6.21. The molecule has 1 aliphatic rings. The zero-order chi connectivity index (χ0) is 18.5. The minimum Gasteiger partial charge on any atom is -0.508 e. The molecule has 0 radical (unpaired) electrons. The fourth-order valence-electron chi connectivity index (χ4n) is 2.77. The highest BCUT2D eigenvalue weighted by atomic mass is 16.3. The standard InChI is InChI=1S/C19H19N3O4/c23-14-7-5-13(6-8-14)9-10-20-19(26)21-11-12-22-17(24)15-3-1-2-4-16(15)18(22)25/h1-8,23H,9-12H2,(H2,20,21,26). The smallest absolute Gasteiger partial charge is 0.314 e. The SMILES string of the molecule is O=C(NCCc1ccc(O)cc1)NCCN1C(=O)c2ccccc2C1=O. The summed E-state index contributed by atoms with van der Waals surface area (Å²) in [4.78, 5) is 37.3. The van der Waals surface area contributed by atoms with Gasteiger partial charge in [-0.2, -0.15) is 0 Å². The lowest BCUT2D eigenvalue weighted by molar-refractivity contribution is 0.0656. The van der Waals surface area contributed by atoms with E-state index in [4.69, 9.17) is 0 Å². The number of rotatable bonds is 6. The minimum atomic E-state index is -0.361. The molecule has 0 atom stereocenters. The number of carbonyl (C=O) groups excluding carboxylic acids is 3. The van der Waals surface area contributed by atoms with Crippen LogP contribution in [-0.2, 0) is 6.42 Å². The Bertz CT molecular complexity index is 798. The summed E-state index contributed by atoms with van der Waals surface area (Å²) < 4.78 is 0. The van der Waals surface area contributed by atoms with Crippen LogP contribution in [0.5, 0.6) is 5.75 Å². The molecule has 2 aromatic rings. The molecule has 0 bridgehead atoms. The summed E-state index contributed by atoms with van der Waals surface area (Å²) in [7, 11) is 0. The van der Waals surface area contributed by atoms with Crippen LogP contribution in [0, 0.1) is 0 Å². The van der Waals surface area contributed by atoms with Gasteiger partial charge in [0.2, 0.25) is 0 Å². The maximum absolute atomic E-state index is 12.2. The number of hydrogen-bond acceptors (Lipinski definition) is 4. The minimum absolute atomic E-state index is 0.123. The Morgan fingerprint density at radius 3 is 2.08 bits per heavy atom. The molecule has 7 nitrogen and oxygen atoms in total. The number of imide groups is 1. The quantitative estimate of drug-likeness (QED) is 0.686. The second kappa shape index (κ2) is 7.69. The van der Waals surface area contributed by atoms with E-state index in [-0.39, 0.29) is 36.7 Å². The number of carbonyl (C=O) groups is 3. The lowest BCUT2D eigenvalue weighted by Gasteiger charge is -2.14. The highest BCUT2D eigenvalue weighted by Crippen LogP contribution is 2.21. The lowest BCUT2D eigenvalue weighted by Crippen LogP contribution is -2.42. The average molecular weight is 353 g/mol. The fraction of sp³-hybridized carbons (Fsp3) is 0.211. The Morgan fingerprint density at radius 1 is 0.885 bits per heavy atom. The number of hydrogen-bond donors (Lipinski definition) is 3. The van der Waals surface area contributed by atoms with Gasteiger partial charge in [-0.25, -0.2) is 4.79 Å². The summed E-state index contributed by atoms with van der Waals surface area (Å²) >= 11 is 0. The number of amides is 4. The van der Waals surface area contributed by atoms with Crippen LogP contribution in [0.15, 0.2) is 48.5 Å². The number of phenolic OH excluding ortho intramolecular Hbond substituents is 1. The molecular formula is C19H19N3O4. The number of phenols is 1. The maximum atomic E-state index is 12.2. The van der Waals surface area contributed by atoms with Gasteiger partial charge in [-0.05, 0) is 36.2 Å². The Morgan fingerprint density at radius 2 is 1.46 bits per heavy atom. The molecule has 0 unspecified atom stereocenters. The first-order valence-electron chi connectivity index (χ1n) is 8.31. The Hall–Kier alpha value is -3.35. The van der Waals surface area contributed by atoms with Crippen LogP contribution < -0.4 is 10.6 Å². The molecule has 3 rings (SSSR count). The summed E-state index contributed by atoms with van der Waals surface area (Å²) in [5, 5.41) is 14.6. The fourth-order valence-corrected chi connectivity index (χ4v) is 2.77. The third-order valence-electron chi connectivity index (χ3n) is 4.13. The van der Waals surface area contributed by atoms with E-state index < -0.39 is 0 Å². The van der Waals surface area contributed by atoms with Gasteiger partial charge in [0.1, 0.15) is 5.75 Å².